The molecule has 7 heteroatoms. The molecule has 3 N–H and O–H groups in total. The molecule has 0 saturated heterocycles. The van der Waals surface area contributed by atoms with Gasteiger partial charge in [0.05, 0.1) is 5.02 Å². The molecule has 1 aromatic carbocycles. The highest BCUT2D eigenvalue weighted by molar-refractivity contribution is 7.89. The molecule has 1 heterocycles. The predicted molar refractivity (Wildman–Crippen MR) is 88.4 cm³/mol. The largest absolute Gasteiger partial charge is 0.399 e. The molecule has 1 aromatic heterocycles. The van der Waals surface area contributed by atoms with E-state index in [1.807, 2.05) is 26.8 Å². The van der Waals surface area contributed by atoms with E-state index in [4.69, 9.17) is 17.3 Å². The summed E-state index contributed by atoms with van der Waals surface area (Å²) in [5.74, 6) is 0. The maximum Gasteiger partial charge on any atom is 0.242 e. The van der Waals surface area contributed by atoms with Crippen LogP contribution in [0.2, 0.25) is 5.02 Å². The molecule has 4 nitrogen and oxygen atoms in total. The van der Waals surface area contributed by atoms with E-state index >= 15 is 0 Å². The topological polar surface area (TPSA) is 72.2 Å². The van der Waals surface area contributed by atoms with Crippen molar-refractivity contribution in [2.24, 2.45) is 0 Å². The van der Waals surface area contributed by atoms with Crippen LogP contribution in [0, 0.1) is 13.8 Å². The molecule has 0 fully saturated rings. The second-order valence-electron chi connectivity index (χ2n) is 4.90. The third kappa shape index (κ3) is 3.58. The monoisotopic (exact) mass is 344 g/mol. The van der Waals surface area contributed by atoms with Crippen LogP contribution in [-0.4, -0.2) is 8.42 Å². The third-order valence-corrected chi connectivity index (χ3v) is 6.13. The van der Waals surface area contributed by atoms with Crippen molar-refractivity contribution >= 4 is 38.6 Å². The zero-order valence-electron chi connectivity index (χ0n) is 12.0. The molecular formula is C14H17ClN2O2S2. The fourth-order valence-electron chi connectivity index (χ4n) is 2.18. The normalized spacial score (nSPS) is 13.3. The average Bonchev–Trinajstić information content (AvgIpc) is 2.67. The first-order chi connectivity index (χ1) is 9.70. The Morgan fingerprint density at radius 1 is 1.29 bits per heavy atom. The van der Waals surface area contributed by atoms with Crippen molar-refractivity contribution in [2.45, 2.75) is 31.7 Å². The number of halogens is 1. The van der Waals surface area contributed by atoms with Gasteiger partial charge in [0.1, 0.15) is 4.90 Å². The van der Waals surface area contributed by atoms with Crippen molar-refractivity contribution in [3.8, 4) is 0 Å². The van der Waals surface area contributed by atoms with E-state index in [0.717, 1.165) is 15.3 Å². The number of aryl methyl sites for hydroxylation is 2. The third-order valence-electron chi connectivity index (χ3n) is 3.12. The summed E-state index contributed by atoms with van der Waals surface area (Å²) in [6.45, 7) is 5.80. The summed E-state index contributed by atoms with van der Waals surface area (Å²) in [5.41, 5.74) is 6.99. The quantitative estimate of drug-likeness (QED) is 0.832. The van der Waals surface area contributed by atoms with Crippen LogP contribution in [0.1, 0.15) is 28.3 Å². The highest BCUT2D eigenvalue weighted by Gasteiger charge is 2.22. The maximum atomic E-state index is 12.4. The molecule has 0 bridgehead atoms. The zero-order valence-corrected chi connectivity index (χ0v) is 14.4. The number of nitrogens with two attached hydrogens (primary N) is 1. The molecule has 1 unspecified atom stereocenters. The Hall–Kier alpha value is -1.08. The first-order valence-electron chi connectivity index (χ1n) is 6.35. The first-order valence-corrected chi connectivity index (χ1v) is 9.03. The van der Waals surface area contributed by atoms with E-state index in [1.165, 1.54) is 18.2 Å². The van der Waals surface area contributed by atoms with Gasteiger partial charge in [0.25, 0.3) is 0 Å². The lowest BCUT2D eigenvalue weighted by molar-refractivity contribution is 0.567. The molecule has 114 valence electrons. The predicted octanol–water partition coefficient (Wildman–Crippen LogP) is 3.64. The Morgan fingerprint density at radius 3 is 2.48 bits per heavy atom. The van der Waals surface area contributed by atoms with E-state index in [9.17, 15) is 8.42 Å². The number of nitrogen functional groups attached to an aromatic ring is 1. The van der Waals surface area contributed by atoms with Crippen LogP contribution in [0.25, 0.3) is 0 Å². The highest BCUT2D eigenvalue weighted by atomic mass is 35.5. The molecule has 0 aliphatic carbocycles. The molecule has 21 heavy (non-hydrogen) atoms. The molecule has 2 aromatic rings. The Bertz CT molecular complexity index is 769. The second kappa shape index (κ2) is 5.96. The molecule has 0 radical (unpaired) electrons. The van der Waals surface area contributed by atoms with Gasteiger partial charge >= 0.3 is 0 Å². The van der Waals surface area contributed by atoms with E-state index in [-0.39, 0.29) is 16.0 Å². The Labute approximate surface area is 134 Å². The lowest BCUT2D eigenvalue weighted by Crippen LogP contribution is -2.27. The van der Waals surface area contributed by atoms with E-state index in [1.54, 1.807) is 11.3 Å². The minimum Gasteiger partial charge on any atom is -0.399 e. The van der Waals surface area contributed by atoms with Crippen LogP contribution in [0.15, 0.2) is 29.2 Å². The molecule has 0 aliphatic heterocycles. The van der Waals surface area contributed by atoms with Gasteiger partial charge in [0, 0.05) is 21.5 Å². The summed E-state index contributed by atoms with van der Waals surface area (Å²) >= 11 is 7.63. The standard InChI is InChI=1S/C14H17ClN2O2S2/c1-8-6-12(10(3)20-8)9(2)17-21(18,19)14-5-4-11(16)7-13(14)15/h4-7,9,17H,16H2,1-3H3. The number of sulfonamides is 1. The smallest absolute Gasteiger partial charge is 0.242 e. The SMILES string of the molecule is Cc1cc(C(C)NS(=O)(=O)c2ccc(N)cc2Cl)c(C)s1. The van der Waals surface area contributed by atoms with Crippen LogP contribution in [0.5, 0.6) is 0 Å². The van der Waals surface area contributed by atoms with Gasteiger partial charge in [-0.25, -0.2) is 13.1 Å². The van der Waals surface area contributed by atoms with E-state index in [0.29, 0.717) is 5.69 Å². The lowest BCUT2D eigenvalue weighted by atomic mass is 10.1. The van der Waals surface area contributed by atoms with E-state index in [2.05, 4.69) is 4.72 Å². The molecule has 0 saturated carbocycles. The number of hydrogen-bond acceptors (Lipinski definition) is 4. The van der Waals surface area contributed by atoms with Crippen molar-refractivity contribution in [2.75, 3.05) is 5.73 Å². The number of hydrogen-bond donors (Lipinski definition) is 2. The van der Waals surface area contributed by atoms with Gasteiger partial charge in [-0.3, -0.25) is 0 Å². The van der Waals surface area contributed by atoms with Gasteiger partial charge in [0.2, 0.25) is 10.0 Å². The average molecular weight is 345 g/mol. The Kier molecular flexibility index (Phi) is 4.63. The highest BCUT2D eigenvalue weighted by Crippen LogP contribution is 2.29. The molecule has 0 amide bonds. The molecular weight excluding hydrogens is 328 g/mol. The number of benzene rings is 1. The van der Waals surface area contributed by atoms with Crippen LogP contribution >= 0.6 is 22.9 Å². The molecule has 0 aliphatic rings. The van der Waals surface area contributed by atoms with Crippen LogP contribution in [-0.2, 0) is 10.0 Å². The second-order valence-corrected chi connectivity index (χ2v) is 8.45. The number of anilines is 1. The van der Waals surface area contributed by atoms with Crippen molar-refractivity contribution in [1.82, 2.24) is 4.72 Å². The summed E-state index contributed by atoms with van der Waals surface area (Å²) in [6, 6.07) is 6.04. The number of rotatable bonds is 4. The first kappa shape index (κ1) is 16.3. The van der Waals surface area contributed by atoms with Crippen molar-refractivity contribution < 1.29 is 8.42 Å². The van der Waals surface area contributed by atoms with Crippen molar-refractivity contribution in [1.29, 1.82) is 0 Å². The van der Waals surface area contributed by atoms with Gasteiger partial charge in [0.15, 0.2) is 0 Å². The number of nitrogens with one attached hydrogen (secondary N) is 1. The van der Waals surface area contributed by atoms with Gasteiger partial charge in [-0.15, -0.1) is 11.3 Å². The lowest BCUT2D eigenvalue weighted by Gasteiger charge is -2.15. The minimum atomic E-state index is -3.70. The van der Waals surface area contributed by atoms with Crippen LogP contribution in [0.4, 0.5) is 5.69 Å². The summed E-state index contributed by atoms with van der Waals surface area (Å²) in [7, 11) is -3.70. The fraction of sp³-hybridized carbons (Fsp3) is 0.286. The molecule has 0 spiro atoms. The molecule has 1 atom stereocenters. The summed E-state index contributed by atoms with van der Waals surface area (Å²) in [6.07, 6.45) is 0. The van der Waals surface area contributed by atoms with Gasteiger partial charge in [-0.1, -0.05) is 11.6 Å². The molecule has 2 rings (SSSR count). The van der Waals surface area contributed by atoms with Gasteiger partial charge in [-0.2, -0.15) is 0 Å². The Balaban J connectivity index is 2.31. The van der Waals surface area contributed by atoms with E-state index < -0.39 is 10.0 Å². The van der Waals surface area contributed by atoms with Crippen molar-refractivity contribution in [3.63, 3.8) is 0 Å². The van der Waals surface area contributed by atoms with Gasteiger partial charge < -0.3 is 5.73 Å². The fourth-order valence-corrected chi connectivity index (χ4v) is 4.97. The minimum absolute atomic E-state index is 0.0369. The van der Waals surface area contributed by atoms with Crippen LogP contribution in [0.3, 0.4) is 0 Å². The summed E-state index contributed by atoms with van der Waals surface area (Å²) < 4.78 is 27.5. The van der Waals surface area contributed by atoms with Crippen molar-refractivity contribution in [3.05, 3.63) is 44.6 Å². The Morgan fingerprint density at radius 2 is 1.95 bits per heavy atom. The summed E-state index contributed by atoms with van der Waals surface area (Å²) in [4.78, 5) is 2.29. The number of thiophene rings is 1. The zero-order chi connectivity index (χ0) is 15.8. The maximum absolute atomic E-state index is 12.4. The van der Waals surface area contributed by atoms with Gasteiger partial charge in [-0.05, 0) is 50.6 Å². The van der Waals surface area contributed by atoms with Crippen LogP contribution < -0.4 is 10.5 Å². The summed E-state index contributed by atoms with van der Waals surface area (Å²) in [5, 5.41) is 0.118.